The Balaban J connectivity index is 1.78. The van der Waals surface area contributed by atoms with Gasteiger partial charge < -0.3 is 11.1 Å². The molecule has 0 fully saturated rings. The summed E-state index contributed by atoms with van der Waals surface area (Å²) in [5, 5.41) is 2.87. The van der Waals surface area contributed by atoms with Crippen molar-refractivity contribution in [2.75, 3.05) is 0 Å². The number of nitrogens with zero attached hydrogens (tertiary/aromatic N) is 2. The molecule has 0 unspecified atom stereocenters. The molecule has 3 N–H and O–H groups in total. The van der Waals surface area contributed by atoms with Gasteiger partial charge in [0.05, 0.1) is 12.6 Å². The average molecular weight is 410 g/mol. The summed E-state index contributed by atoms with van der Waals surface area (Å²) in [6.07, 6.45) is 1.07. The highest BCUT2D eigenvalue weighted by Crippen LogP contribution is 2.30. The molecule has 3 rings (SSSR count). The lowest BCUT2D eigenvalue weighted by Crippen LogP contribution is -2.43. The number of hydrogen-bond donors (Lipinski definition) is 2. The molecule has 2 aromatic rings. The highest BCUT2D eigenvalue weighted by Gasteiger charge is 2.44. The lowest BCUT2D eigenvalue weighted by Gasteiger charge is -2.23. The minimum atomic E-state index is -0.858. The van der Waals surface area contributed by atoms with Gasteiger partial charge in [0, 0.05) is 5.56 Å². The van der Waals surface area contributed by atoms with E-state index in [1.54, 1.807) is 6.07 Å². The number of carbonyl (C=O) groups is 2. The van der Waals surface area contributed by atoms with E-state index in [9.17, 15) is 14.0 Å². The minimum Gasteiger partial charge on any atom is -0.369 e. The third-order valence-electron chi connectivity index (χ3n) is 5.63. The molecule has 0 radical (unpaired) electrons. The van der Waals surface area contributed by atoms with Gasteiger partial charge in [-0.3, -0.25) is 14.5 Å². The van der Waals surface area contributed by atoms with E-state index in [1.807, 2.05) is 51.1 Å². The van der Waals surface area contributed by atoms with E-state index in [1.165, 1.54) is 17.0 Å². The van der Waals surface area contributed by atoms with E-state index < -0.39 is 17.3 Å². The van der Waals surface area contributed by atoms with Crippen molar-refractivity contribution in [3.8, 4) is 0 Å². The number of nitrogens with two attached hydrogens (primary N) is 1. The van der Waals surface area contributed by atoms with Gasteiger partial charge in [-0.15, -0.1) is 0 Å². The largest absolute Gasteiger partial charge is 0.369 e. The zero-order valence-electron chi connectivity index (χ0n) is 17.5. The Labute approximate surface area is 176 Å². The van der Waals surface area contributed by atoms with Gasteiger partial charge in [0.25, 0.3) is 11.8 Å². The molecule has 7 heteroatoms. The van der Waals surface area contributed by atoms with Gasteiger partial charge in [-0.1, -0.05) is 44.2 Å². The van der Waals surface area contributed by atoms with Crippen molar-refractivity contribution in [1.82, 2.24) is 10.2 Å². The zero-order valence-corrected chi connectivity index (χ0v) is 17.5. The van der Waals surface area contributed by atoms with Crippen LogP contribution in [-0.4, -0.2) is 28.2 Å². The summed E-state index contributed by atoms with van der Waals surface area (Å²) < 4.78 is 14.3. The summed E-state index contributed by atoms with van der Waals surface area (Å²) in [5.74, 6) is -1.02. The maximum Gasteiger partial charge on any atom is 0.257 e. The fourth-order valence-electron chi connectivity index (χ4n) is 3.71. The van der Waals surface area contributed by atoms with E-state index in [0.29, 0.717) is 18.4 Å². The number of guanidine groups is 1. The molecule has 0 saturated heterocycles. The lowest BCUT2D eigenvalue weighted by molar-refractivity contribution is -0.131. The van der Waals surface area contributed by atoms with Crippen molar-refractivity contribution < 1.29 is 14.0 Å². The number of hydrogen-bond acceptors (Lipinski definition) is 4. The first kappa shape index (κ1) is 21.5. The topological polar surface area (TPSA) is 87.8 Å². The van der Waals surface area contributed by atoms with E-state index in [0.717, 1.165) is 5.56 Å². The molecule has 1 heterocycles. The predicted octanol–water partition coefficient (Wildman–Crippen LogP) is 3.53. The smallest absolute Gasteiger partial charge is 0.257 e. The van der Waals surface area contributed by atoms with Crippen LogP contribution < -0.4 is 11.1 Å². The Morgan fingerprint density at radius 2 is 1.87 bits per heavy atom. The summed E-state index contributed by atoms with van der Waals surface area (Å²) >= 11 is 0. The third kappa shape index (κ3) is 4.20. The molecule has 1 aliphatic heterocycles. The van der Waals surface area contributed by atoms with Crippen LogP contribution in [0.25, 0.3) is 0 Å². The predicted molar refractivity (Wildman–Crippen MR) is 114 cm³/mol. The van der Waals surface area contributed by atoms with E-state index in [2.05, 4.69) is 10.3 Å². The second-order valence-corrected chi connectivity index (χ2v) is 7.55. The summed E-state index contributed by atoms with van der Waals surface area (Å²) in [4.78, 5) is 31.3. The fraction of sp³-hybridized carbons (Fsp3) is 0.348. The molecule has 158 valence electrons. The van der Waals surface area contributed by atoms with Gasteiger partial charge in [-0.2, -0.15) is 0 Å². The van der Waals surface area contributed by atoms with Crippen LogP contribution in [0.3, 0.4) is 0 Å². The Hall–Kier alpha value is -3.22. The Morgan fingerprint density at radius 3 is 2.47 bits per heavy atom. The van der Waals surface area contributed by atoms with Gasteiger partial charge in [0.1, 0.15) is 11.4 Å². The molecule has 30 heavy (non-hydrogen) atoms. The summed E-state index contributed by atoms with van der Waals surface area (Å²) in [6, 6.07) is 13.3. The van der Waals surface area contributed by atoms with Crippen LogP contribution in [0.2, 0.25) is 0 Å². The molecule has 1 atom stereocenters. The SMILES string of the molecule is CCC1(CC)N=C(N)N(Cc2cc(F)cc(C(=O)N[C@@H](C)c3ccccc3)c2)C1=O. The van der Waals surface area contributed by atoms with Crippen molar-refractivity contribution in [3.63, 3.8) is 0 Å². The summed E-state index contributed by atoms with van der Waals surface area (Å²) in [7, 11) is 0. The number of carbonyl (C=O) groups excluding carboxylic acids is 2. The quantitative estimate of drug-likeness (QED) is 0.732. The molecule has 0 aliphatic carbocycles. The van der Waals surface area contributed by atoms with Crippen LogP contribution in [0.1, 0.15) is 61.1 Å². The lowest BCUT2D eigenvalue weighted by atomic mass is 9.93. The van der Waals surface area contributed by atoms with Crippen molar-refractivity contribution in [3.05, 3.63) is 71.0 Å². The van der Waals surface area contributed by atoms with Gasteiger partial charge in [-0.05, 0) is 49.1 Å². The molecule has 2 amide bonds. The molecule has 0 saturated carbocycles. The van der Waals surface area contributed by atoms with E-state index in [4.69, 9.17) is 5.73 Å². The van der Waals surface area contributed by atoms with Crippen molar-refractivity contribution in [1.29, 1.82) is 0 Å². The number of aliphatic imine (C=N–C) groups is 1. The number of nitrogens with one attached hydrogen (secondary N) is 1. The Bertz CT molecular complexity index is 970. The number of amides is 2. The average Bonchev–Trinajstić information content (AvgIpc) is 2.98. The molecular formula is C23H27FN4O2. The number of halogens is 1. The van der Waals surface area contributed by atoms with Crippen LogP contribution in [0.15, 0.2) is 53.5 Å². The second-order valence-electron chi connectivity index (χ2n) is 7.55. The molecule has 2 aromatic carbocycles. The molecule has 0 spiro atoms. The molecular weight excluding hydrogens is 383 g/mol. The first-order valence-corrected chi connectivity index (χ1v) is 10.1. The third-order valence-corrected chi connectivity index (χ3v) is 5.63. The van der Waals surface area contributed by atoms with Crippen LogP contribution in [0, 0.1) is 5.82 Å². The Morgan fingerprint density at radius 1 is 1.20 bits per heavy atom. The Kier molecular flexibility index (Phi) is 6.20. The highest BCUT2D eigenvalue weighted by molar-refractivity contribution is 6.06. The van der Waals surface area contributed by atoms with Crippen LogP contribution in [0.4, 0.5) is 4.39 Å². The second kappa shape index (κ2) is 8.65. The van der Waals surface area contributed by atoms with E-state index >= 15 is 0 Å². The molecule has 1 aliphatic rings. The first-order chi connectivity index (χ1) is 14.3. The van der Waals surface area contributed by atoms with Gasteiger partial charge in [0.15, 0.2) is 5.96 Å². The standard InChI is InChI=1S/C23H27FN4O2/c1-4-23(5-2)21(30)28(22(25)27-23)14-16-11-18(13-19(24)12-16)20(29)26-15(3)17-9-7-6-8-10-17/h6-13,15H,4-5,14H2,1-3H3,(H2,25,27)(H,26,29)/t15-/m0/s1. The van der Waals surface area contributed by atoms with Crippen molar-refractivity contribution in [2.45, 2.75) is 51.7 Å². The summed E-state index contributed by atoms with van der Waals surface area (Å²) in [5.41, 5.74) is 6.74. The molecule has 6 nitrogen and oxygen atoms in total. The van der Waals surface area contributed by atoms with Gasteiger partial charge in [-0.25, -0.2) is 9.38 Å². The number of rotatable bonds is 7. The number of benzene rings is 2. The van der Waals surface area contributed by atoms with Crippen molar-refractivity contribution >= 4 is 17.8 Å². The molecule has 0 bridgehead atoms. The minimum absolute atomic E-state index is 0.0577. The van der Waals surface area contributed by atoms with Gasteiger partial charge >= 0.3 is 0 Å². The first-order valence-electron chi connectivity index (χ1n) is 10.1. The summed E-state index contributed by atoms with van der Waals surface area (Å²) in [6.45, 7) is 5.70. The van der Waals surface area contributed by atoms with Crippen LogP contribution in [0.5, 0.6) is 0 Å². The fourth-order valence-corrected chi connectivity index (χ4v) is 3.71. The molecule has 0 aromatic heterocycles. The van der Waals surface area contributed by atoms with Crippen LogP contribution in [-0.2, 0) is 11.3 Å². The van der Waals surface area contributed by atoms with E-state index in [-0.39, 0.29) is 30.0 Å². The van der Waals surface area contributed by atoms with Crippen LogP contribution >= 0.6 is 0 Å². The monoisotopic (exact) mass is 410 g/mol. The maximum atomic E-state index is 14.3. The normalized spacial score (nSPS) is 16.3. The zero-order chi connectivity index (χ0) is 21.9. The van der Waals surface area contributed by atoms with Crippen molar-refractivity contribution in [2.24, 2.45) is 10.7 Å². The maximum absolute atomic E-state index is 14.3. The van der Waals surface area contributed by atoms with Gasteiger partial charge in [0.2, 0.25) is 0 Å². The highest BCUT2D eigenvalue weighted by atomic mass is 19.1.